The lowest BCUT2D eigenvalue weighted by molar-refractivity contribution is -0.152. The largest absolute Gasteiger partial charge is 0.458 e. The Bertz CT molecular complexity index is 533. The van der Waals surface area contributed by atoms with Crippen molar-refractivity contribution in [1.82, 2.24) is 5.32 Å². The summed E-state index contributed by atoms with van der Waals surface area (Å²) in [7, 11) is 0. The Morgan fingerprint density at radius 1 is 1.42 bits per heavy atom. The summed E-state index contributed by atoms with van der Waals surface area (Å²) in [6.07, 6.45) is 4.69. The summed E-state index contributed by atoms with van der Waals surface area (Å²) in [5, 5.41) is 12.5. The van der Waals surface area contributed by atoms with Crippen molar-refractivity contribution in [2.24, 2.45) is 5.92 Å². The van der Waals surface area contributed by atoms with Gasteiger partial charge in [0.05, 0.1) is 24.0 Å². The molecule has 1 aliphatic carbocycles. The van der Waals surface area contributed by atoms with Crippen molar-refractivity contribution in [1.29, 1.82) is 0 Å². The minimum atomic E-state index is -0.807. The van der Waals surface area contributed by atoms with E-state index in [4.69, 9.17) is 9.47 Å². The molecule has 100 valence electrons. The number of esters is 1. The first-order valence-corrected chi connectivity index (χ1v) is 5.98. The number of carbonyl (C=O) groups excluding carboxylic acids is 2. The van der Waals surface area contributed by atoms with Crippen LogP contribution < -0.4 is 5.32 Å². The Morgan fingerprint density at radius 3 is 2.89 bits per heavy atom. The molecule has 19 heavy (non-hydrogen) atoms. The highest BCUT2D eigenvalue weighted by Gasteiger charge is 2.43. The Kier molecular flexibility index (Phi) is 2.67. The van der Waals surface area contributed by atoms with Gasteiger partial charge in [0.15, 0.2) is 0 Å². The van der Waals surface area contributed by atoms with Crippen LogP contribution in [-0.4, -0.2) is 35.4 Å². The normalized spacial score (nSPS) is 38.2. The van der Waals surface area contributed by atoms with Gasteiger partial charge in [-0.3, -0.25) is 4.79 Å². The molecule has 4 atom stereocenters. The SMILES string of the molecule is CC1=C[C@H](O/C=C2/C(=O)N[C@@H]3C=C[C@@H](O)[C@H]23)OC1=O. The van der Waals surface area contributed by atoms with Crippen molar-refractivity contribution < 1.29 is 24.2 Å². The highest BCUT2D eigenvalue weighted by molar-refractivity contribution is 5.97. The third-order valence-corrected chi connectivity index (χ3v) is 3.45. The van der Waals surface area contributed by atoms with Gasteiger partial charge in [-0.05, 0) is 6.92 Å². The van der Waals surface area contributed by atoms with Crippen molar-refractivity contribution in [3.05, 3.63) is 35.6 Å². The van der Waals surface area contributed by atoms with Gasteiger partial charge in [0.2, 0.25) is 0 Å². The van der Waals surface area contributed by atoms with Gasteiger partial charge in [0.1, 0.15) is 0 Å². The van der Waals surface area contributed by atoms with Crippen LogP contribution in [0, 0.1) is 5.92 Å². The second kappa shape index (κ2) is 4.24. The maximum absolute atomic E-state index is 11.7. The number of hydrogen-bond donors (Lipinski definition) is 2. The summed E-state index contributed by atoms with van der Waals surface area (Å²) in [5.41, 5.74) is 0.830. The fraction of sp³-hybridized carbons (Fsp3) is 0.385. The Balaban J connectivity index is 1.73. The van der Waals surface area contributed by atoms with Crippen molar-refractivity contribution in [2.75, 3.05) is 0 Å². The van der Waals surface area contributed by atoms with Crippen molar-refractivity contribution >= 4 is 11.9 Å². The molecule has 2 aliphatic heterocycles. The first-order chi connectivity index (χ1) is 9.06. The molecule has 3 rings (SSSR count). The zero-order valence-electron chi connectivity index (χ0n) is 10.2. The maximum atomic E-state index is 11.7. The average Bonchev–Trinajstić information content (AvgIpc) is 2.96. The fourth-order valence-corrected chi connectivity index (χ4v) is 2.43. The van der Waals surface area contributed by atoms with E-state index < -0.39 is 18.4 Å². The van der Waals surface area contributed by atoms with E-state index in [9.17, 15) is 14.7 Å². The number of fused-ring (bicyclic) bond motifs is 1. The Labute approximate surface area is 109 Å². The standard InChI is InChI=1S/C13H13NO5/c1-6-4-10(19-13(6)17)18-5-7-11-8(14-12(7)16)2-3-9(11)15/h2-5,8-11,15H,1H3,(H,14,16)/b7-5+/t8-,9-,10-,11-/m1/s1. The molecule has 6 nitrogen and oxygen atoms in total. The van der Waals surface area contributed by atoms with Gasteiger partial charge in [-0.1, -0.05) is 12.2 Å². The molecule has 2 heterocycles. The molecule has 0 aromatic heterocycles. The third-order valence-electron chi connectivity index (χ3n) is 3.45. The van der Waals surface area contributed by atoms with Gasteiger partial charge in [-0.15, -0.1) is 0 Å². The van der Waals surface area contributed by atoms with E-state index in [2.05, 4.69) is 5.32 Å². The van der Waals surface area contributed by atoms with Crippen LogP contribution in [-0.2, 0) is 19.1 Å². The molecule has 1 saturated heterocycles. The van der Waals surface area contributed by atoms with E-state index in [0.29, 0.717) is 11.1 Å². The van der Waals surface area contributed by atoms with Crippen LogP contribution in [0.5, 0.6) is 0 Å². The van der Waals surface area contributed by atoms with Crippen molar-refractivity contribution in [2.45, 2.75) is 25.4 Å². The molecule has 0 spiro atoms. The van der Waals surface area contributed by atoms with E-state index >= 15 is 0 Å². The summed E-state index contributed by atoms with van der Waals surface area (Å²) < 4.78 is 10.2. The van der Waals surface area contributed by atoms with E-state index in [1.54, 1.807) is 19.1 Å². The molecule has 2 N–H and O–H groups in total. The van der Waals surface area contributed by atoms with Gasteiger partial charge in [0.25, 0.3) is 12.2 Å². The van der Waals surface area contributed by atoms with Crippen LogP contribution in [0.15, 0.2) is 35.6 Å². The van der Waals surface area contributed by atoms with Crippen LogP contribution in [0.2, 0.25) is 0 Å². The number of cyclic esters (lactones) is 1. The number of ether oxygens (including phenoxy) is 2. The first-order valence-electron chi connectivity index (χ1n) is 5.98. The molecule has 0 aromatic rings. The average molecular weight is 263 g/mol. The zero-order valence-corrected chi connectivity index (χ0v) is 10.2. The molecule has 0 bridgehead atoms. The van der Waals surface area contributed by atoms with Crippen molar-refractivity contribution in [3.8, 4) is 0 Å². The Hall–Kier alpha value is -2.08. The fourth-order valence-electron chi connectivity index (χ4n) is 2.43. The number of aliphatic hydroxyl groups excluding tert-OH is 1. The molecule has 3 aliphatic rings. The zero-order chi connectivity index (χ0) is 13.6. The van der Waals surface area contributed by atoms with Crippen molar-refractivity contribution in [3.63, 3.8) is 0 Å². The van der Waals surface area contributed by atoms with Crippen LogP contribution >= 0.6 is 0 Å². The maximum Gasteiger partial charge on any atom is 0.336 e. The highest BCUT2D eigenvalue weighted by Crippen LogP contribution is 2.32. The van der Waals surface area contributed by atoms with E-state index in [1.165, 1.54) is 12.3 Å². The topological polar surface area (TPSA) is 84.9 Å². The number of rotatable bonds is 2. The number of hydrogen-bond acceptors (Lipinski definition) is 5. The lowest BCUT2D eigenvalue weighted by atomic mass is 9.96. The highest BCUT2D eigenvalue weighted by atomic mass is 16.7. The number of aliphatic hydroxyl groups is 1. The van der Waals surface area contributed by atoms with E-state index in [1.807, 2.05) is 0 Å². The summed E-state index contributed by atoms with van der Waals surface area (Å²) in [5.74, 6) is -1.04. The van der Waals surface area contributed by atoms with Crippen LogP contribution in [0.4, 0.5) is 0 Å². The van der Waals surface area contributed by atoms with Crippen LogP contribution in [0.1, 0.15) is 6.92 Å². The molecule has 0 saturated carbocycles. The van der Waals surface area contributed by atoms with Gasteiger partial charge in [-0.2, -0.15) is 0 Å². The minimum Gasteiger partial charge on any atom is -0.458 e. The second-order valence-electron chi connectivity index (χ2n) is 4.73. The molecular weight excluding hydrogens is 250 g/mol. The molecule has 0 unspecified atom stereocenters. The molecule has 0 aromatic carbocycles. The number of carbonyl (C=O) groups is 2. The van der Waals surface area contributed by atoms with Gasteiger partial charge in [-0.25, -0.2) is 4.79 Å². The first kappa shape index (κ1) is 12.0. The number of nitrogens with one attached hydrogen (secondary N) is 1. The molecular formula is C13H13NO5. The molecule has 6 heteroatoms. The third kappa shape index (κ3) is 1.94. The lowest BCUT2D eigenvalue weighted by Crippen LogP contribution is -2.27. The summed E-state index contributed by atoms with van der Waals surface area (Å²) in [4.78, 5) is 22.9. The molecule has 1 amide bonds. The molecule has 0 radical (unpaired) electrons. The lowest BCUT2D eigenvalue weighted by Gasteiger charge is -2.14. The van der Waals surface area contributed by atoms with Gasteiger partial charge < -0.3 is 19.9 Å². The summed E-state index contributed by atoms with van der Waals surface area (Å²) >= 11 is 0. The predicted octanol–water partition coefficient (Wildman–Crippen LogP) is -0.239. The smallest absolute Gasteiger partial charge is 0.336 e. The van der Waals surface area contributed by atoms with E-state index in [-0.39, 0.29) is 17.9 Å². The minimum absolute atomic E-state index is 0.194. The summed E-state index contributed by atoms with van der Waals surface area (Å²) in [6.45, 7) is 1.63. The van der Waals surface area contributed by atoms with Crippen LogP contribution in [0.25, 0.3) is 0 Å². The monoisotopic (exact) mass is 263 g/mol. The Morgan fingerprint density at radius 2 is 2.21 bits per heavy atom. The summed E-state index contributed by atoms with van der Waals surface area (Å²) in [6, 6.07) is -0.194. The van der Waals surface area contributed by atoms with Gasteiger partial charge >= 0.3 is 5.97 Å². The quantitative estimate of drug-likeness (QED) is 0.311. The predicted molar refractivity (Wildman–Crippen MR) is 63.4 cm³/mol. The number of amides is 1. The van der Waals surface area contributed by atoms with E-state index in [0.717, 1.165) is 0 Å². The van der Waals surface area contributed by atoms with Crippen LogP contribution in [0.3, 0.4) is 0 Å². The molecule has 1 fully saturated rings. The van der Waals surface area contributed by atoms with Gasteiger partial charge in [0, 0.05) is 17.6 Å². The second-order valence-corrected chi connectivity index (χ2v) is 4.73.